The minimum Gasteiger partial charge on any atom is -0.383 e. The van der Waals surface area contributed by atoms with Crippen LogP contribution in [0.4, 0.5) is 0 Å². The molecule has 0 aliphatic carbocycles. The number of carbonyl (C=O) groups excluding carboxylic acids is 2. The molecule has 0 radical (unpaired) electrons. The van der Waals surface area contributed by atoms with Gasteiger partial charge in [-0.2, -0.15) is 0 Å². The molecule has 1 aromatic carbocycles. The summed E-state index contributed by atoms with van der Waals surface area (Å²) in [5, 5.41) is 5.64. The fourth-order valence-electron chi connectivity index (χ4n) is 2.35. The van der Waals surface area contributed by atoms with E-state index >= 15 is 0 Å². The molecule has 6 nitrogen and oxygen atoms in total. The monoisotopic (exact) mass is 363 g/mol. The maximum atomic E-state index is 12.1. The molecule has 0 unspecified atom stereocenters. The number of nitrogens with one attached hydrogen (secondary N) is 2. The van der Waals surface area contributed by atoms with Crippen LogP contribution in [0.5, 0.6) is 0 Å². The Hall–Kier alpha value is -1.92. The maximum Gasteiger partial charge on any atom is 0.251 e. The van der Waals surface area contributed by atoms with Gasteiger partial charge in [0.15, 0.2) is 0 Å². The van der Waals surface area contributed by atoms with Gasteiger partial charge in [-0.3, -0.25) is 9.59 Å². The molecule has 0 spiro atoms. The summed E-state index contributed by atoms with van der Waals surface area (Å²) in [4.78, 5) is 26.0. The van der Waals surface area contributed by atoms with Crippen LogP contribution in [-0.2, 0) is 14.9 Å². The van der Waals surface area contributed by atoms with Crippen LogP contribution < -0.4 is 10.6 Å². The number of methoxy groups -OCH3 is 1. The fourth-order valence-corrected chi connectivity index (χ4v) is 2.35. The highest BCUT2D eigenvalue weighted by atomic mass is 16.5. The zero-order chi connectivity index (χ0) is 19.6. The van der Waals surface area contributed by atoms with Crippen molar-refractivity contribution >= 4 is 11.8 Å². The summed E-state index contributed by atoms with van der Waals surface area (Å²) in [6, 6.07) is 7.60. The molecule has 2 amide bonds. The summed E-state index contributed by atoms with van der Waals surface area (Å²) >= 11 is 0. The highest BCUT2D eigenvalue weighted by Crippen LogP contribution is 2.22. The number of hydrogen-bond acceptors (Lipinski definition) is 4. The summed E-state index contributed by atoms with van der Waals surface area (Å²) in [6.07, 6.45) is 0.271. The lowest BCUT2D eigenvalue weighted by Gasteiger charge is -2.19. The van der Waals surface area contributed by atoms with Crippen molar-refractivity contribution < 1.29 is 14.3 Å². The Labute approximate surface area is 157 Å². The normalized spacial score (nSPS) is 11.5. The number of nitrogens with zero attached hydrogens (tertiary/aromatic N) is 1. The largest absolute Gasteiger partial charge is 0.383 e. The number of rotatable bonds is 10. The SMILES string of the molecule is COCCN(C)CCNC(=O)CCNC(=O)c1ccc(C(C)(C)C)cc1. The second-order valence-corrected chi connectivity index (χ2v) is 7.48. The van der Waals surface area contributed by atoms with Gasteiger partial charge in [0.25, 0.3) is 5.91 Å². The first kappa shape index (κ1) is 22.1. The van der Waals surface area contributed by atoms with Crippen molar-refractivity contribution in [3.63, 3.8) is 0 Å². The van der Waals surface area contributed by atoms with Gasteiger partial charge in [-0.25, -0.2) is 0 Å². The highest BCUT2D eigenvalue weighted by molar-refractivity contribution is 5.94. The number of hydrogen-bond donors (Lipinski definition) is 2. The minimum absolute atomic E-state index is 0.0602. The van der Waals surface area contributed by atoms with Crippen LogP contribution in [0.2, 0.25) is 0 Å². The predicted molar refractivity (Wildman–Crippen MR) is 104 cm³/mol. The molecule has 0 aliphatic rings. The maximum absolute atomic E-state index is 12.1. The number of likely N-dealkylation sites (N-methyl/N-ethyl adjacent to an activating group) is 1. The predicted octanol–water partition coefficient (Wildman–Crippen LogP) is 1.80. The Morgan fingerprint density at radius 2 is 1.69 bits per heavy atom. The van der Waals surface area contributed by atoms with E-state index in [9.17, 15) is 9.59 Å². The first-order valence-electron chi connectivity index (χ1n) is 9.07. The van der Waals surface area contributed by atoms with Gasteiger partial charge in [-0.15, -0.1) is 0 Å². The molecule has 6 heteroatoms. The molecule has 0 aromatic heterocycles. The first-order valence-corrected chi connectivity index (χ1v) is 9.07. The van der Waals surface area contributed by atoms with E-state index in [-0.39, 0.29) is 23.7 Å². The van der Waals surface area contributed by atoms with Crippen molar-refractivity contribution in [2.24, 2.45) is 0 Å². The van der Waals surface area contributed by atoms with Crippen molar-refractivity contribution in [3.05, 3.63) is 35.4 Å². The van der Waals surface area contributed by atoms with Crippen LogP contribution in [0.3, 0.4) is 0 Å². The van der Waals surface area contributed by atoms with E-state index in [0.29, 0.717) is 25.3 Å². The molecule has 0 saturated heterocycles. The van der Waals surface area contributed by atoms with E-state index in [4.69, 9.17) is 4.74 Å². The van der Waals surface area contributed by atoms with Crippen molar-refractivity contribution in [1.82, 2.24) is 15.5 Å². The van der Waals surface area contributed by atoms with E-state index in [2.05, 4.69) is 36.3 Å². The van der Waals surface area contributed by atoms with Gasteiger partial charge in [0.1, 0.15) is 0 Å². The van der Waals surface area contributed by atoms with Crippen molar-refractivity contribution in [2.75, 3.05) is 46.9 Å². The Morgan fingerprint density at radius 1 is 1.04 bits per heavy atom. The Balaban J connectivity index is 2.25. The fraction of sp³-hybridized carbons (Fsp3) is 0.600. The molecule has 0 atom stereocenters. The molecule has 1 rings (SSSR count). The van der Waals surface area contributed by atoms with E-state index in [1.165, 1.54) is 5.56 Å². The summed E-state index contributed by atoms with van der Waals surface area (Å²) in [5.41, 5.74) is 1.85. The zero-order valence-corrected chi connectivity index (χ0v) is 16.7. The lowest BCUT2D eigenvalue weighted by Crippen LogP contribution is -2.36. The van der Waals surface area contributed by atoms with Crippen LogP contribution in [0.1, 0.15) is 43.1 Å². The van der Waals surface area contributed by atoms with Gasteiger partial charge < -0.3 is 20.3 Å². The van der Waals surface area contributed by atoms with E-state index < -0.39 is 0 Å². The van der Waals surface area contributed by atoms with Gasteiger partial charge in [0.05, 0.1) is 6.61 Å². The lowest BCUT2D eigenvalue weighted by molar-refractivity contribution is -0.120. The molecule has 2 N–H and O–H groups in total. The molecule has 0 fully saturated rings. The van der Waals surface area contributed by atoms with Crippen LogP contribution in [0.25, 0.3) is 0 Å². The third-order valence-corrected chi connectivity index (χ3v) is 4.14. The Morgan fingerprint density at radius 3 is 2.27 bits per heavy atom. The molecule has 0 aliphatic heterocycles. The smallest absolute Gasteiger partial charge is 0.251 e. The van der Waals surface area contributed by atoms with Crippen molar-refractivity contribution in [3.8, 4) is 0 Å². The topological polar surface area (TPSA) is 70.7 Å². The van der Waals surface area contributed by atoms with E-state index in [1.807, 2.05) is 31.3 Å². The standard InChI is InChI=1S/C20H33N3O3/c1-20(2,3)17-8-6-16(7-9-17)19(25)22-11-10-18(24)21-12-13-23(4)14-15-26-5/h6-9H,10-15H2,1-5H3,(H,21,24)(H,22,25). The lowest BCUT2D eigenvalue weighted by atomic mass is 9.87. The van der Waals surface area contributed by atoms with E-state index in [0.717, 1.165) is 13.1 Å². The van der Waals surface area contributed by atoms with E-state index in [1.54, 1.807) is 7.11 Å². The third-order valence-electron chi connectivity index (χ3n) is 4.14. The zero-order valence-electron chi connectivity index (χ0n) is 16.7. The van der Waals surface area contributed by atoms with Gasteiger partial charge >= 0.3 is 0 Å². The van der Waals surface area contributed by atoms with Crippen LogP contribution in [0, 0.1) is 0 Å². The molecular weight excluding hydrogens is 330 g/mol. The van der Waals surface area contributed by atoms with Crippen molar-refractivity contribution in [1.29, 1.82) is 0 Å². The third kappa shape index (κ3) is 8.45. The quantitative estimate of drug-likeness (QED) is 0.665. The summed E-state index contributed by atoms with van der Waals surface area (Å²) < 4.78 is 5.01. The van der Waals surface area contributed by atoms with Crippen LogP contribution in [-0.4, -0.2) is 63.7 Å². The van der Waals surface area contributed by atoms with Gasteiger partial charge in [0.2, 0.25) is 5.91 Å². The minimum atomic E-state index is -0.155. The second-order valence-electron chi connectivity index (χ2n) is 7.48. The number of amides is 2. The summed E-state index contributed by atoms with van der Waals surface area (Å²) in [7, 11) is 3.65. The second kappa shape index (κ2) is 10.9. The molecule has 0 saturated carbocycles. The van der Waals surface area contributed by atoms with Crippen LogP contribution in [0.15, 0.2) is 24.3 Å². The Kier molecular flexibility index (Phi) is 9.30. The average Bonchev–Trinajstić information content (AvgIpc) is 2.59. The number of benzene rings is 1. The summed E-state index contributed by atoms with van der Waals surface area (Å²) in [5.74, 6) is -0.217. The molecule has 146 valence electrons. The summed E-state index contributed by atoms with van der Waals surface area (Å²) in [6.45, 7) is 9.58. The van der Waals surface area contributed by atoms with Crippen molar-refractivity contribution in [2.45, 2.75) is 32.6 Å². The highest BCUT2D eigenvalue weighted by Gasteiger charge is 2.14. The number of ether oxygens (including phenoxy) is 1. The number of carbonyl (C=O) groups is 2. The Bertz CT molecular complexity index is 565. The molecular formula is C20H33N3O3. The van der Waals surface area contributed by atoms with Gasteiger partial charge in [0, 0.05) is 45.3 Å². The molecule has 1 aromatic rings. The average molecular weight is 364 g/mol. The molecule has 0 heterocycles. The van der Waals surface area contributed by atoms with Gasteiger partial charge in [-0.05, 0) is 30.2 Å². The first-order chi connectivity index (χ1) is 12.2. The molecule has 0 bridgehead atoms. The van der Waals surface area contributed by atoms with Gasteiger partial charge in [-0.1, -0.05) is 32.9 Å². The van der Waals surface area contributed by atoms with Crippen LogP contribution >= 0.6 is 0 Å². The molecule has 26 heavy (non-hydrogen) atoms.